The fourth-order valence-electron chi connectivity index (χ4n) is 4.31. The smallest absolute Gasteiger partial charge is 0.172 e. The number of aliphatic hydroxyl groups excluding tert-OH is 1. The van der Waals surface area contributed by atoms with Gasteiger partial charge in [-0.1, -0.05) is 65.7 Å². The van der Waals surface area contributed by atoms with Crippen molar-refractivity contribution in [1.82, 2.24) is 4.90 Å². The van der Waals surface area contributed by atoms with Gasteiger partial charge in [-0.15, -0.1) is 0 Å². The normalized spacial score (nSPS) is 18.8. The van der Waals surface area contributed by atoms with Crippen LogP contribution in [0.3, 0.4) is 0 Å². The van der Waals surface area contributed by atoms with Gasteiger partial charge in [-0.05, 0) is 58.9 Å². The average molecular weight is 490 g/mol. The molecule has 4 rings (SSSR count). The van der Waals surface area contributed by atoms with Gasteiger partial charge in [-0.25, -0.2) is 8.42 Å². The van der Waals surface area contributed by atoms with Crippen molar-refractivity contribution in [2.24, 2.45) is 5.92 Å². The standard InChI is InChI=1S/C25H25Cl2NO3S/c26-23-8-4-21(5-9-23)25(22-6-10-24(27)11-7-22)28-13-20(14-28)17-32(30,31)16-19-3-1-2-18(12-19)15-29/h1-11,16,20,25,29H,12-15,17H2. The highest BCUT2D eigenvalue weighted by atomic mass is 35.5. The number of rotatable bonds is 7. The Hall–Kier alpha value is -1.89. The number of likely N-dealkylation sites (tertiary alicyclic amines) is 1. The first-order valence-corrected chi connectivity index (χ1v) is 13.0. The molecule has 7 heteroatoms. The van der Waals surface area contributed by atoms with Gasteiger partial charge in [0.1, 0.15) is 0 Å². The lowest BCUT2D eigenvalue weighted by Gasteiger charge is -2.44. The highest BCUT2D eigenvalue weighted by Crippen LogP contribution is 2.36. The molecule has 1 aliphatic carbocycles. The molecule has 1 N–H and O–H groups in total. The molecule has 2 aliphatic rings. The van der Waals surface area contributed by atoms with Gasteiger partial charge in [-0.2, -0.15) is 0 Å². The zero-order valence-electron chi connectivity index (χ0n) is 17.5. The third-order valence-electron chi connectivity index (χ3n) is 5.80. The van der Waals surface area contributed by atoms with Gasteiger partial charge in [0.05, 0.1) is 18.4 Å². The molecule has 0 saturated carbocycles. The molecule has 168 valence electrons. The van der Waals surface area contributed by atoms with Crippen molar-refractivity contribution in [1.29, 1.82) is 0 Å². The van der Waals surface area contributed by atoms with E-state index in [1.807, 2.05) is 54.6 Å². The maximum absolute atomic E-state index is 12.7. The first-order valence-electron chi connectivity index (χ1n) is 10.5. The summed E-state index contributed by atoms with van der Waals surface area (Å²) in [5.74, 6) is 0.187. The van der Waals surface area contributed by atoms with E-state index < -0.39 is 9.84 Å². The summed E-state index contributed by atoms with van der Waals surface area (Å²) in [7, 11) is -3.35. The van der Waals surface area contributed by atoms with Crippen LogP contribution in [-0.4, -0.2) is 43.9 Å². The molecule has 1 saturated heterocycles. The van der Waals surface area contributed by atoms with E-state index in [2.05, 4.69) is 4.90 Å². The lowest BCUT2D eigenvalue weighted by atomic mass is 9.91. The molecule has 4 nitrogen and oxygen atoms in total. The first kappa shape index (κ1) is 23.3. The van der Waals surface area contributed by atoms with Crippen molar-refractivity contribution < 1.29 is 13.5 Å². The Bertz CT molecular complexity index is 1100. The molecule has 0 atom stereocenters. The molecule has 0 amide bonds. The molecule has 1 fully saturated rings. The van der Waals surface area contributed by atoms with E-state index in [4.69, 9.17) is 23.2 Å². The third kappa shape index (κ3) is 5.72. The molecule has 2 aromatic rings. The van der Waals surface area contributed by atoms with Crippen molar-refractivity contribution in [2.75, 3.05) is 25.4 Å². The number of hydrogen-bond acceptors (Lipinski definition) is 4. The highest BCUT2D eigenvalue weighted by molar-refractivity contribution is 7.94. The fraction of sp³-hybridized carbons (Fsp3) is 0.280. The zero-order valence-corrected chi connectivity index (χ0v) is 19.8. The Morgan fingerprint density at radius 1 is 1.00 bits per heavy atom. The monoisotopic (exact) mass is 489 g/mol. The first-order chi connectivity index (χ1) is 15.3. The van der Waals surface area contributed by atoms with E-state index in [1.54, 1.807) is 12.2 Å². The van der Waals surface area contributed by atoms with Gasteiger partial charge in [0.2, 0.25) is 0 Å². The SMILES string of the molecule is O=S(=O)(C=C1C=CC=C(CO)C1)CC1CN(C(c2ccc(Cl)cc2)c2ccc(Cl)cc2)C1. The van der Waals surface area contributed by atoms with Crippen LogP contribution in [0.25, 0.3) is 0 Å². The van der Waals surface area contributed by atoms with Crippen LogP contribution in [0.1, 0.15) is 23.6 Å². The topological polar surface area (TPSA) is 57.6 Å². The Morgan fingerprint density at radius 3 is 2.09 bits per heavy atom. The third-order valence-corrected chi connectivity index (χ3v) is 7.90. The summed E-state index contributed by atoms with van der Waals surface area (Å²) in [5.41, 5.74) is 3.75. The summed E-state index contributed by atoms with van der Waals surface area (Å²) < 4.78 is 25.5. The summed E-state index contributed by atoms with van der Waals surface area (Å²) in [4.78, 5) is 2.28. The molecule has 0 unspecified atom stereocenters. The Morgan fingerprint density at radius 2 is 1.56 bits per heavy atom. The Kier molecular flexibility index (Phi) is 7.23. The van der Waals surface area contributed by atoms with Crippen LogP contribution in [0.4, 0.5) is 0 Å². The van der Waals surface area contributed by atoms with Crippen molar-refractivity contribution in [3.8, 4) is 0 Å². The van der Waals surface area contributed by atoms with Crippen LogP contribution < -0.4 is 0 Å². The predicted octanol–water partition coefficient (Wildman–Crippen LogP) is 5.19. The molecule has 0 bridgehead atoms. The van der Waals surface area contributed by atoms with E-state index in [1.165, 1.54) is 5.41 Å². The minimum Gasteiger partial charge on any atom is -0.392 e. The van der Waals surface area contributed by atoms with Gasteiger partial charge in [-0.3, -0.25) is 4.90 Å². The molecule has 2 aromatic carbocycles. The summed E-state index contributed by atoms with van der Waals surface area (Å²) in [6.07, 6.45) is 5.87. The maximum Gasteiger partial charge on any atom is 0.172 e. The van der Waals surface area contributed by atoms with E-state index >= 15 is 0 Å². The molecule has 32 heavy (non-hydrogen) atoms. The quantitative estimate of drug-likeness (QED) is 0.580. The van der Waals surface area contributed by atoms with E-state index in [-0.39, 0.29) is 24.3 Å². The molecular weight excluding hydrogens is 465 g/mol. The van der Waals surface area contributed by atoms with Crippen molar-refractivity contribution in [3.05, 3.63) is 104 Å². The summed E-state index contributed by atoms with van der Waals surface area (Å²) in [6, 6.07) is 15.6. The molecule has 0 radical (unpaired) electrons. The van der Waals surface area contributed by atoms with Gasteiger partial charge < -0.3 is 5.11 Å². The fourth-order valence-corrected chi connectivity index (χ4v) is 6.15. The second-order valence-corrected chi connectivity index (χ2v) is 11.1. The van der Waals surface area contributed by atoms with E-state index in [0.29, 0.717) is 35.1 Å². The van der Waals surface area contributed by atoms with E-state index in [0.717, 1.165) is 16.7 Å². The second kappa shape index (κ2) is 9.94. The van der Waals surface area contributed by atoms with Crippen molar-refractivity contribution in [3.63, 3.8) is 0 Å². The van der Waals surface area contributed by atoms with Gasteiger partial charge >= 0.3 is 0 Å². The van der Waals surface area contributed by atoms with Gasteiger partial charge in [0, 0.05) is 28.5 Å². The highest BCUT2D eigenvalue weighted by Gasteiger charge is 2.36. The maximum atomic E-state index is 12.7. The van der Waals surface area contributed by atoms with E-state index in [9.17, 15) is 13.5 Å². The predicted molar refractivity (Wildman–Crippen MR) is 131 cm³/mol. The number of benzene rings is 2. The Labute approximate surface area is 199 Å². The summed E-state index contributed by atoms with van der Waals surface area (Å²) in [5, 5.41) is 12.0. The van der Waals surface area contributed by atoms with Crippen LogP contribution in [0, 0.1) is 5.92 Å². The van der Waals surface area contributed by atoms with Crippen LogP contribution in [-0.2, 0) is 9.84 Å². The van der Waals surface area contributed by atoms with Crippen LogP contribution in [0.15, 0.2) is 83.3 Å². The molecular formula is C25H25Cl2NO3S. The van der Waals surface area contributed by atoms with Crippen LogP contribution in [0.2, 0.25) is 10.0 Å². The van der Waals surface area contributed by atoms with Crippen LogP contribution >= 0.6 is 23.2 Å². The number of allylic oxidation sites excluding steroid dienone is 4. The van der Waals surface area contributed by atoms with Gasteiger partial charge in [0.25, 0.3) is 0 Å². The molecule has 1 aliphatic heterocycles. The second-order valence-electron chi connectivity index (χ2n) is 8.37. The molecule has 0 spiro atoms. The number of aliphatic hydroxyl groups is 1. The summed E-state index contributed by atoms with van der Waals surface area (Å²) in [6.45, 7) is 1.32. The lowest BCUT2D eigenvalue weighted by Crippen LogP contribution is -2.51. The Balaban J connectivity index is 1.46. The number of sulfone groups is 1. The van der Waals surface area contributed by atoms with Crippen molar-refractivity contribution in [2.45, 2.75) is 12.5 Å². The minimum absolute atomic E-state index is 0.0142. The largest absolute Gasteiger partial charge is 0.392 e. The lowest BCUT2D eigenvalue weighted by molar-refractivity contribution is 0.0813. The number of nitrogens with zero attached hydrogens (tertiary/aromatic N) is 1. The number of hydrogen-bond donors (Lipinski definition) is 1. The molecule has 1 heterocycles. The van der Waals surface area contributed by atoms with Crippen LogP contribution in [0.5, 0.6) is 0 Å². The average Bonchev–Trinajstić information content (AvgIpc) is 2.74. The zero-order chi connectivity index (χ0) is 22.7. The summed E-state index contributed by atoms with van der Waals surface area (Å²) >= 11 is 12.2. The van der Waals surface area contributed by atoms with Gasteiger partial charge in [0.15, 0.2) is 9.84 Å². The number of halogens is 2. The minimum atomic E-state index is -3.35. The molecule has 0 aromatic heterocycles. The van der Waals surface area contributed by atoms with Crippen molar-refractivity contribution >= 4 is 33.0 Å².